The van der Waals surface area contributed by atoms with Crippen LogP contribution in [0.2, 0.25) is 0 Å². The molecule has 0 aliphatic carbocycles. The maximum atomic E-state index is 11.1. The van der Waals surface area contributed by atoms with Crippen molar-refractivity contribution in [3.8, 4) is 0 Å². The molecule has 2 N–H and O–H groups in total. The predicted octanol–water partition coefficient (Wildman–Crippen LogP) is -0.0575. The van der Waals surface area contributed by atoms with Gasteiger partial charge in [-0.2, -0.15) is 4.31 Å². The molecule has 0 unspecified atom stereocenters. The first-order valence-electron chi connectivity index (χ1n) is 3.50. The molecule has 0 heterocycles. The van der Waals surface area contributed by atoms with Crippen LogP contribution in [0.3, 0.4) is 0 Å². The van der Waals surface area contributed by atoms with Crippen LogP contribution in [0.25, 0.3) is 0 Å². The number of hydrogen-bond donors (Lipinski definition) is 1. The van der Waals surface area contributed by atoms with E-state index >= 15 is 0 Å². The van der Waals surface area contributed by atoms with Crippen molar-refractivity contribution in [3.63, 3.8) is 0 Å². The summed E-state index contributed by atoms with van der Waals surface area (Å²) in [5.41, 5.74) is 5.25. The fourth-order valence-corrected chi connectivity index (χ4v) is 2.20. The van der Waals surface area contributed by atoms with Gasteiger partial charge in [-0.1, -0.05) is 12.2 Å². The normalized spacial score (nSPS) is 12.4. The largest absolute Gasteiger partial charge is 0.392 e. The van der Waals surface area contributed by atoms with Crippen molar-refractivity contribution in [3.05, 3.63) is 0 Å². The third-order valence-corrected chi connectivity index (χ3v) is 2.85. The zero-order valence-electron chi connectivity index (χ0n) is 7.44. The molecule has 12 heavy (non-hydrogen) atoms. The van der Waals surface area contributed by atoms with Gasteiger partial charge in [0.1, 0.15) is 0 Å². The summed E-state index contributed by atoms with van der Waals surface area (Å²) in [6.45, 7) is 3.67. The summed E-state index contributed by atoms with van der Waals surface area (Å²) >= 11 is 4.63. The van der Waals surface area contributed by atoms with E-state index in [9.17, 15) is 8.42 Å². The Kier molecular flexibility index (Phi) is 4.09. The van der Waals surface area contributed by atoms with Gasteiger partial charge >= 0.3 is 0 Å². The zero-order chi connectivity index (χ0) is 9.94. The molecule has 0 aromatic rings. The van der Waals surface area contributed by atoms with E-state index in [1.165, 1.54) is 4.31 Å². The molecule has 4 nitrogen and oxygen atoms in total. The van der Waals surface area contributed by atoms with Crippen LogP contribution in [0.4, 0.5) is 0 Å². The van der Waals surface area contributed by atoms with Crippen LogP contribution in [0.1, 0.15) is 13.8 Å². The van der Waals surface area contributed by atoms with Gasteiger partial charge in [-0.25, -0.2) is 8.42 Å². The second kappa shape index (κ2) is 4.15. The van der Waals surface area contributed by atoms with Crippen molar-refractivity contribution in [2.24, 2.45) is 5.73 Å². The van der Waals surface area contributed by atoms with Gasteiger partial charge in [-0.05, 0) is 13.8 Å². The Hall–Kier alpha value is -0.200. The lowest BCUT2D eigenvalue weighted by atomic mass is 10.4. The van der Waals surface area contributed by atoms with E-state index < -0.39 is 10.0 Å². The van der Waals surface area contributed by atoms with Gasteiger partial charge in [-0.15, -0.1) is 0 Å². The van der Waals surface area contributed by atoms with Gasteiger partial charge in [0.05, 0.1) is 17.8 Å². The van der Waals surface area contributed by atoms with Crippen LogP contribution in [0, 0.1) is 0 Å². The molecule has 0 aromatic carbocycles. The quantitative estimate of drug-likeness (QED) is 0.660. The summed E-state index contributed by atoms with van der Waals surface area (Å²) in [5.74, 6) is 0. The van der Waals surface area contributed by atoms with Crippen molar-refractivity contribution in [1.82, 2.24) is 4.31 Å². The van der Waals surface area contributed by atoms with Crippen LogP contribution in [0.5, 0.6) is 0 Å². The first kappa shape index (κ1) is 11.8. The van der Waals surface area contributed by atoms with E-state index in [0.29, 0.717) is 0 Å². The Morgan fingerprint density at radius 1 is 1.58 bits per heavy atom. The lowest BCUT2D eigenvalue weighted by Gasteiger charge is -2.22. The lowest BCUT2D eigenvalue weighted by Crippen LogP contribution is -2.41. The summed E-state index contributed by atoms with van der Waals surface area (Å²) in [4.78, 5) is 0.189. The van der Waals surface area contributed by atoms with Gasteiger partial charge in [0.25, 0.3) is 0 Å². The van der Waals surface area contributed by atoms with E-state index in [1.807, 2.05) is 0 Å². The molecular weight excluding hydrogens is 196 g/mol. The number of sulfonamides is 1. The van der Waals surface area contributed by atoms with Gasteiger partial charge in [0.2, 0.25) is 10.0 Å². The van der Waals surface area contributed by atoms with E-state index in [4.69, 9.17) is 5.73 Å². The molecule has 0 rings (SSSR count). The van der Waals surface area contributed by atoms with Crippen molar-refractivity contribution in [2.45, 2.75) is 19.9 Å². The highest BCUT2D eigenvalue weighted by atomic mass is 32.2. The second-order valence-electron chi connectivity index (χ2n) is 2.87. The van der Waals surface area contributed by atoms with E-state index in [0.717, 1.165) is 6.26 Å². The molecule has 0 saturated heterocycles. The lowest BCUT2D eigenvalue weighted by molar-refractivity contribution is 0.394. The molecule has 0 saturated carbocycles. The van der Waals surface area contributed by atoms with Crippen molar-refractivity contribution < 1.29 is 8.42 Å². The Labute approximate surface area is 78.8 Å². The number of rotatable bonds is 4. The van der Waals surface area contributed by atoms with E-state index in [2.05, 4.69) is 12.2 Å². The molecule has 0 amide bonds. The maximum Gasteiger partial charge on any atom is 0.211 e. The third kappa shape index (κ3) is 3.99. The smallest absolute Gasteiger partial charge is 0.211 e. The first-order chi connectivity index (χ1) is 5.25. The van der Waals surface area contributed by atoms with Crippen LogP contribution in [-0.4, -0.2) is 36.6 Å². The Morgan fingerprint density at radius 3 is 2.08 bits per heavy atom. The predicted molar refractivity (Wildman–Crippen MR) is 53.5 cm³/mol. The summed E-state index contributed by atoms with van der Waals surface area (Å²) in [6.07, 6.45) is 1.14. The zero-order valence-corrected chi connectivity index (χ0v) is 9.08. The molecule has 0 bridgehead atoms. The fraction of sp³-hybridized carbons (Fsp3) is 0.833. The molecule has 0 radical (unpaired) electrons. The van der Waals surface area contributed by atoms with Crippen molar-refractivity contribution >= 4 is 27.2 Å². The maximum absolute atomic E-state index is 11.1. The SMILES string of the molecule is CC(C)N(CC(N)=S)S(C)(=O)=O. The molecule has 0 spiro atoms. The van der Waals surface area contributed by atoms with Gasteiger partial charge in [-0.3, -0.25) is 0 Å². The average Bonchev–Trinajstić information content (AvgIpc) is 1.79. The Morgan fingerprint density at radius 2 is 2.00 bits per heavy atom. The highest BCUT2D eigenvalue weighted by Crippen LogP contribution is 2.03. The molecule has 0 fully saturated rings. The third-order valence-electron chi connectivity index (χ3n) is 1.31. The summed E-state index contributed by atoms with van der Waals surface area (Å²) in [6, 6.07) is -0.110. The molecule has 0 aliphatic rings. The van der Waals surface area contributed by atoms with Gasteiger partial charge in [0.15, 0.2) is 0 Å². The fourth-order valence-electron chi connectivity index (χ4n) is 0.836. The number of nitrogens with two attached hydrogens (primary N) is 1. The van der Waals surface area contributed by atoms with Crippen LogP contribution in [-0.2, 0) is 10.0 Å². The van der Waals surface area contributed by atoms with E-state index in [-0.39, 0.29) is 17.6 Å². The van der Waals surface area contributed by atoms with Crippen LogP contribution in [0.15, 0.2) is 0 Å². The van der Waals surface area contributed by atoms with Crippen molar-refractivity contribution in [1.29, 1.82) is 0 Å². The van der Waals surface area contributed by atoms with Gasteiger partial charge in [0, 0.05) is 6.04 Å². The second-order valence-corrected chi connectivity index (χ2v) is 5.33. The molecule has 6 heteroatoms. The minimum atomic E-state index is -3.19. The number of nitrogens with zero attached hydrogens (tertiary/aromatic N) is 1. The van der Waals surface area contributed by atoms with Gasteiger partial charge < -0.3 is 5.73 Å². The molecule has 0 aliphatic heterocycles. The highest BCUT2D eigenvalue weighted by molar-refractivity contribution is 7.88. The number of hydrogen-bond acceptors (Lipinski definition) is 3. The molecular formula is C6H14N2O2S2. The van der Waals surface area contributed by atoms with E-state index in [1.54, 1.807) is 13.8 Å². The minimum Gasteiger partial charge on any atom is -0.392 e. The number of thiocarbonyl (C=S) groups is 1. The topological polar surface area (TPSA) is 63.4 Å². The molecule has 72 valence electrons. The minimum absolute atomic E-state index is 0.110. The standard InChI is InChI=1S/C6H14N2O2S2/c1-5(2)8(4-6(7)11)12(3,9)10/h5H,4H2,1-3H3,(H2,7,11). The average molecular weight is 210 g/mol. The molecule has 0 aromatic heterocycles. The highest BCUT2D eigenvalue weighted by Gasteiger charge is 2.20. The first-order valence-corrected chi connectivity index (χ1v) is 5.76. The Balaban J connectivity index is 4.58. The van der Waals surface area contributed by atoms with Crippen LogP contribution >= 0.6 is 12.2 Å². The Bertz CT molecular complexity index is 259. The summed E-state index contributed by atoms with van der Waals surface area (Å²) in [7, 11) is -3.19. The van der Waals surface area contributed by atoms with Crippen LogP contribution < -0.4 is 5.73 Å². The monoisotopic (exact) mass is 210 g/mol. The molecule has 0 atom stereocenters. The summed E-state index contributed by atoms with van der Waals surface area (Å²) < 4.78 is 23.5. The van der Waals surface area contributed by atoms with Crippen molar-refractivity contribution in [2.75, 3.05) is 12.8 Å². The summed E-state index contributed by atoms with van der Waals surface area (Å²) in [5, 5.41) is 0.